The quantitative estimate of drug-likeness (QED) is 0.764. The second kappa shape index (κ2) is 10.2. The standard InChI is InChI=1S/C21H34N2O2.ClH/c1-16(2)18-10-9-17(3)13-19(18)25-14-20(24)22-15-21(23(4)5)11-7-6-8-12-21;/h9-10,13,16H,6-8,11-12,14-15H2,1-5H3,(H,22,24);1H. The molecule has 1 aliphatic carbocycles. The molecule has 1 amide bonds. The maximum atomic E-state index is 12.3. The van der Waals surface area contributed by atoms with Crippen LogP contribution in [0.4, 0.5) is 0 Å². The SMILES string of the molecule is Cc1ccc(C(C)C)c(OCC(=O)NCC2(N(C)C)CCCCC2)c1.Cl. The van der Waals surface area contributed by atoms with Crippen LogP contribution in [0.2, 0.25) is 0 Å². The van der Waals surface area contributed by atoms with Crippen LogP contribution in [0.1, 0.15) is 63.0 Å². The zero-order valence-corrected chi connectivity index (χ0v) is 17.7. The number of hydrogen-bond donors (Lipinski definition) is 1. The normalized spacial score (nSPS) is 16.3. The summed E-state index contributed by atoms with van der Waals surface area (Å²) >= 11 is 0. The number of likely N-dealkylation sites (N-methyl/N-ethyl adjacent to an activating group) is 1. The van der Waals surface area contributed by atoms with Crippen molar-refractivity contribution < 1.29 is 9.53 Å². The molecule has 0 saturated heterocycles. The number of hydrogen-bond acceptors (Lipinski definition) is 3. The van der Waals surface area contributed by atoms with Crippen molar-refractivity contribution in [2.45, 2.75) is 64.3 Å². The fourth-order valence-electron chi connectivity index (χ4n) is 3.69. The summed E-state index contributed by atoms with van der Waals surface area (Å²) in [5, 5.41) is 3.10. The molecule has 148 valence electrons. The van der Waals surface area contributed by atoms with Crippen molar-refractivity contribution in [1.82, 2.24) is 10.2 Å². The molecule has 0 atom stereocenters. The van der Waals surface area contributed by atoms with E-state index in [-0.39, 0.29) is 30.5 Å². The zero-order valence-electron chi connectivity index (χ0n) is 16.9. The topological polar surface area (TPSA) is 41.6 Å². The van der Waals surface area contributed by atoms with E-state index in [1.165, 1.54) is 19.3 Å². The Morgan fingerprint density at radius 1 is 1.23 bits per heavy atom. The van der Waals surface area contributed by atoms with Crippen molar-refractivity contribution in [3.63, 3.8) is 0 Å². The van der Waals surface area contributed by atoms with Crippen LogP contribution in [0, 0.1) is 6.92 Å². The van der Waals surface area contributed by atoms with Gasteiger partial charge in [0.15, 0.2) is 6.61 Å². The number of amides is 1. The third-order valence-electron chi connectivity index (χ3n) is 5.50. The van der Waals surface area contributed by atoms with Gasteiger partial charge in [-0.3, -0.25) is 4.79 Å². The maximum Gasteiger partial charge on any atom is 0.258 e. The van der Waals surface area contributed by atoms with Crippen LogP contribution in [0.3, 0.4) is 0 Å². The van der Waals surface area contributed by atoms with E-state index in [1.54, 1.807) is 0 Å². The third kappa shape index (κ3) is 5.88. The Labute approximate surface area is 165 Å². The monoisotopic (exact) mass is 382 g/mol. The summed E-state index contributed by atoms with van der Waals surface area (Å²) < 4.78 is 5.85. The smallest absolute Gasteiger partial charge is 0.258 e. The Kier molecular flexibility index (Phi) is 8.91. The second-order valence-corrected chi connectivity index (χ2v) is 7.94. The first kappa shape index (κ1) is 22.8. The predicted molar refractivity (Wildman–Crippen MR) is 111 cm³/mol. The molecule has 0 bridgehead atoms. The lowest BCUT2D eigenvalue weighted by Crippen LogP contribution is -2.54. The van der Waals surface area contributed by atoms with E-state index in [4.69, 9.17) is 4.74 Å². The lowest BCUT2D eigenvalue weighted by molar-refractivity contribution is -0.123. The third-order valence-corrected chi connectivity index (χ3v) is 5.50. The van der Waals surface area contributed by atoms with Crippen LogP contribution in [-0.2, 0) is 4.79 Å². The fraction of sp³-hybridized carbons (Fsp3) is 0.667. The van der Waals surface area contributed by atoms with Crippen LogP contribution in [0.5, 0.6) is 5.75 Å². The molecule has 0 spiro atoms. The number of aryl methyl sites for hydroxylation is 1. The molecular formula is C21H35ClN2O2. The molecule has 5 heteroatoms. The minimum absolute atomic E-state index is 0. The van der Waals surface area contributed by atoms with Crippen LogP contribution in [0.25, 0.3) is 0 Å². The molecule has 0 unspecified atom stereocenters. The predicted octanol–water partition coefficient (Wildman–Crippen LogP) is 4.30. The Hall–Kier alpha value is -1.26. The van der Waals surface area contributed by atoms with Gasteiger partial charge in [0, 0.05) is 12.1 Å². The van der Waals surface area contributed by atoms with Crippen LogP contribution in [0.15, 0.2) is 18.2 Å². The minimum atomic E-state index is -0.0389. The van der Waals surface area contributed by atoms with Crippen molar-refractivity contribution in [3.05, 3.63) is 29.3 Å². The summed E-state index contributed by atoms with van der Waals surface area (Å²) in [4.78, 5) is 14.6. The first-order valence-corrected chi connectivity index (χ1v) is 9.51. The molecule has 26 heavy (non-hydrogen) atoms. The van der Waals surface area contributed by atoms with E-state index in [1.807, 2.05) is 13.0 Å². The molecule has 0 heterocycles. The number of nitrogens with one attached hydrogen (secondary N) is 1. The number of nitrogens with zero attached hydrogens (tertiary/aromatic N) is 1. The average molecular weight is 383 g/mol. The Morgan fingerprint density at radius 2 is 1.88 bits per heavy atom. The summed E-state index contributed by atoms with van der Waals surface area (Å²) in [6.07, 6.45) is 6.09. The van der Waals surface area contributed by atoms with Crippen molar-refractivity contribution in [3.8, 4) is 5.75 Å². The molecule has 0 aromatic heterocycles. The van der Waals surface area contributed by atoms with Gasteiger partial charge in [-0.25, -0.2) is 0 Å². The molecule has 0 aliphatic heterocycles. The van der Waals surface area contributed by atoms with E-state index in [0.717, 1.165) is 29.7 Å². The molecule has 1 N–H and O–H groups in total. The summed E-state index contributed by atoms with van der Waals surface area (Å²) in [6.45, 7) is 7.10. The van der Waals surface area contributed by atoms with Gasteiger partial charge in [0.25, 0.3) is 5.91 Å². The fourth-order valence-corrected chi connectivity index (χ4v) is 3.69. The number of carbonyl (C=O) groups is 1. The lowest BCUT2D eigenvalue weighted by atomic mass is 9.80. The first-order valence-electron chi connectivity index (χ1n) is 9.51. The molecule has 4 nitrogen and oxygen atoms in total. The maximum absolute atomic E-state index is 12.3. The molecule has 1 aliphatic rings. The minimum Gasteiger partial charge on any atom is -0.483 e. The average Bonchev–Trinajstić information content (AvgIpc) is 2.58. The van der Waals surface area contributed by atoms with Crippen molar-refractivity contribution >= 4 is 18.3 Å². The van der Waals surface area contributed by atoms with Crippen molar-refractivity contribution in [2.75, 3.05) is 27.2 Å². The number of halogens is 1. The second-order valence-electron chi connectivity index (χ2n) is 7.94. The van der Waals surface area contributed by atoms with E-state index >= 15 is 0 Å². The van der Waals surface area contributed by atoms with Gasteiger partial charge < -0.3 is 15.0 Å². The highest BCUT2D eigenvalue weighted by Gasteiger charge is 2.34. The highest BCUT2D eigenvalue weighted by molar-refractivity contribution is 5.85. The van der Waals surface area contributed by atoms with Gasteiger partial charge >= 0.3 is 0 Å². The van der Waals surface area contributed by atoms with Gasteiger partial charge in [-0.1, -0.05) is 45.2 Å². The Bertz CT molecular complexity index is 581. The van der Waals surface area contributed by atoms with Crippen LogP contribution >= 0.6 is 12.4 Å². The number of ether oxygens (including phenoxy) is 1. The summed E-state index contributed by atoms with van der Waals surface area (Å²) in [5.41, 5.74) is 2.39. The number of rotatable bonds is 7. The van der Waals surface area contributed by atoms with Gasteiger partial charge in [0.2, 0.25) is 0 Å². The molecule has 1 aromatic carbocycles. The molecule has 1 fully saturated rings. The van der Waals surface area contributed by atoms with Gasteiger partial charge in [0.1, 0.15) is 5.75 Å². The van der Waals surface area contributed by atoms with E-state index in [9.17, 15) is 4.79 Å². The Balaban J connectivity index is 0.00000338. The zero-order chi connectivity index (χ0) is 18.4. The van der Waals surface area contributed by atoms with E-state index < -0.39 is 0 Å². The van der Waals surface area contributed by atoms with E-state index in [2.05, 4.69) is 50.3 Å². The van der Waals surface area contributed by atoms with Gasteiger partial charge in [-0.05, 0) is 57.0 Å². The summed E-state index contributed by atoms with van der Waals surface area (Å²) in [6, 6.07) is 6.20. The first-order chi connectivity index (χ1) is 11.8. The molecule has 0 radical (unpaired) electrons. The van der Waals surface area contributed by atoms with Gasteiger partial charge in [-0.2, -0.15) is 0 Å². The largest absolute Gasteiger partial charge is 0.483 e. The number of carbonyl (C=O) groups excluding carboxylic acids is 1. The lowest BCUT2D eigenvalue weighted by Gasteiger charge is -2.43. The highest BCUT2D eigenvalue weighted by Crippen LogP contribution is 2.31. The van der Waals surface area contributed by atoms with Crippen LogP contribution in [-0.4, -0.2) is 43.6 Å². The molecular weight excluding hydrogens is 348 g/mol. The number of benzene rings is 1. The van der Waals surface area contributed by atoms with Crippen LogP contribution < -0.4 is 10.1 Å². The van der Waals surface area contributed by atoms with Gasteiger partial charge in [0.05, 0.1) is 0 Å². The van der Waals surface area contributed by atoms with Gasteiger partial charge in [-0.15, -0.1) is 12.4 Å². The van der Waals surface area contributed by atoms with E-state index in [0.29, 0.717) is 12.5 Å². The van der Waals surface area contributed by atoms with Crippen molar-refractivity contribution in [1.29, 1.82) is 0 Å². The highest BCUT2D eigenvalue weighted by atomic mass is 35.5. The molecule has 1 aromatic rings. The summed E-state index contributed by atoms with van der Waals surface area (Å²) in [7, 11) is 4.24. The Morgan fingerprint density at radius 3 is 2.46 bits per heavy atom. The van der Waals surface area contributed by atoms with Crippen molar-refractivity contribution in [2.24, 2.45) is 0 Å². The summed E-state index contributed by atoms with van der Waals surface area (Å²) in [5.74, 6) is 1.16. The molecule has 1 saturated carbocycles. The molecule has 2 rings (SSSR count).